The molecule has 0 atom stereocenters. The lowest BCUT2D eigenvalue weighted by Crippen LogP contribution is -2.22. The van der Waals surface area contributed by atoms with E-state index < -0.39 is 0 Å². The molecule has 0 bridgehead atoms. The van der Waals surface area contributed by atoms with Crippen molar-refractivity contribution < 1.29 is 4.79 Å². The Kier molecular flexibility index (Phi) is 4.22. The minimum absolute atomic E-state index is 0.0460. The average Bonchev–Trinajstić information content (AvgIpc) is 3.11. The smallest absolute Gasteiger partial charge is 0.194 e. The zero-order valence-corrected chi connectivity index (χ0v) is 16.5. The van der Waals surface area contributed by atoms with Crippen LogP contribution in [-0.2, 0) is 5.41 Å². The van der Waals surface area contributed by atoms with Crippen LogP contribution in [0.3, 0.4) is 0 Å². The molecule has 0 saturated carbocycles. The van der Waals surface area contributed by atoms with Gasteiger partial charge in [0, 0.05) is 40.6 Å². The zero-order valence-electron chi connectivity index (χ0n) is 16.5. The van der Waals surface area contributed by atoms with Gasteiger partial charge in [-0.05, 0) is 29.3 Å². The predicted molar refractivity (Wildman–Crippen MR) is 113 cm³/mol. The van der Waals surface area contributed by atoms with E-state index in [0.717, 1.165) is 11.4 Å². The Morgan fingerprint density at radius 1 is 0.966 bits per heavy atom. The van der Waals surface area contributed by atoms with Gasteiger partial charge in [-0.15, -0.1) is 0 Å². The van der Waals surface area contributed by atoms with Gasteiger partial charge in [0.1, 0.15) is 17.7 Å². The Hall–Kier alpha value is -3.89. The third-order valence-electron chi connectivity index (χ3n) is 5.78. The first-order valence-electron chi connectivity index (χ1n) is 9.36. The number of nitriles is 2. The highest BCUT2D eigenvalue weighted by Gasteiger charge is 2.38. The van der Waals surface area contributed by atoms with Crippen molar-refractivity contribution in [1.82, 2.24) is 0 Å². The van der Waals surface area contributed by atoms with Gasteiger partial charge in [0.05, 0.1) is 0 Å². The van der Waals surface area contributed by atoms with Gasteiger partial charge < -0.3 is 4.90 Å². The van der Waals surface area contributed by atoms with Crippen molar-refractivity contribution in [2.45, 2.75) is 19.3 Å². The van der Waals surface area contributed by atoms with Crippen molar-refractivity contribution >= 4 is 17.0 Å². The molecule has 1 heterocycles. The van der Waals surface area contributed by atoms with Crippen molar-refractivity contribution in [3.63, 3.8) is 0 Å². The van der Waals surface area contributed by atoms with Crippen molar-refractivity contribution in [1.29, 1.82) is 10.5 Å². The highest BCUT2D eigenvalue weighted by molar-refractivity contribution is 6.27. The molecule has 0 radical (unpaired) electrons. The summed E-state index contributed by atoms with van der Waals surface area (Å²) in [4.78, 5) is 15.2. The molecule has 2 aromatic rings. The molecule has 4 nitrogen and oxygen atoms in total. The first-order valence-corrected chi connectivity index (χ1v) is 9.36. The van der Waals surface area contributed by atoms with Crippen LogP contribution >= 0.6 is 0 Å². The minimum Gasteiger partial charge on any atom is -0.347 e. The van der Waals surface area contributed by atoms with E-state index >= 15 is 0 Å². The predicted octanol–water partition coefficient (Wildman–Crippen LogP) is 4.92. The zero-order chi connectivity index (χ0) is 20.8. The Labute approximate surface area is 170 Å². The van der Waals surface area contributed by atoms with Crippen LogP contribution in [0.2, 0.25) is 0 Å². The fourth-order valence-electron chi connectivity index (χ4n) is 4.33. The second-order valence-corrected chi connectivity index (χ2v) is 7.68. The van der Waals surface area contributed by atoms with Gasteiger partial charge >= 0.3 is 0 Å². The Bertz CT molecular complexity index is 1210. The Morgan fingerprint density at radius 3 is 2.24 bits per heavy atom. The molecule has 1 aliphatic carbocycles. The lowest BCUT2D eigenvalue weighted by Gasteiger charge is -2.23. The standard InChI is InChI=1S/C25H19N3O/c1-25(2)20-10-6-7-11-21(20)28(3)22(25)13-12-19-23(16(14-26)15-27)17-8-4-5-9-18(17)24(19)29/h4-13H,1-3H3. The van der Waals surface area contributed by atoms with E-state index in [2.05, 4.69) is 30.9 Å². The third kappa shape index (κ3) is 2.62. The van der Waals surface area contributed by atoms with E-state index in [9.17, 15) is 15.3 Å². The Balaban J connectivity index is 1.90. The summed E-state index contributed by atoms with van der Waals surface area (Å²) in [6.07, 6.45) is 3.69. The highest BCUT2D eigenvalue weighted by Crippen LogP contribution is 2.47. The number of rotatable bonds is 1. The normalized spacial score (nSPS) is 19.1. The number of fused-ring (bicyclic) bond motifs is 2. The Morgan fingerprint density at radius 2 is 1.59 bits per heavy atom. The quantitative estimate of drug-likeness (QED) is 0.522. The van der Waals surface area contributed by atoms with Gasteiger partial charge in [0.2, 0.25) is 0 Å². The molecular formula is C25H19N3O. The summed E-state index contributed by atoms with van der Waals surface area (Å²) in [6.45, 7) is 4.30. The van der Waals surface area contributed by atoms with Crippen LogP contribution in [0.5, 0.6) is 0 Å². The number of hydrogen-bond acceptors (Lipinski definition) is 4. The first kappa shape index (κ1) is 18.5. The van der Waals surface area contributed by atoms with E-state index in [1.165, 1.54) is 5.56 Å². The molecule has 0 spiro atoms. The number of anilines is 1. The number of Topliss-reactive ketones (excluding diaryl/α,β-unsaturated/α-hetero) is 1. The summed E-state index contributed by atoms with van der Waals surface area (Å²) in [7, 11) is 2.01. The SMILES string of the molecule is CN1C(=CC=C2C(=O)c3ccccc3C2=C(C#N)C#N)C(C)(C)c2ccccc21. The van der Waals surface area contributed by atoms with Gasteiger partial charge in [-0.2, -0.15) is 10.5 Å². The summed E-state index contributed by atoms with van der Waals surface area (Å²) >= 11 is 0. The van der Waals surface area contributed by atoms with Crippen molar-refractivity contribution in [2.75, 3.05) is 11.9 Å². The summed E-state index contributed by atoms with van der Waals surface area (Å²) in [5.74, 6) is -0.161. The van der Waals surface area contributed by atoms with Crippen LogP contribution in [0.4, 0.5) is 5.69 Å². The van der Waals surface area contributed by atoms with Crippen LogP contribution in [0, 0.1) is 22.7 Å². The van der Waals surface area contributed by atoms with E-state index in [1.54, 1.807) is 24.3 Å². The second kappa shape index (κ2) is 6.62. The molecular weight excluding hydrogens is 358 g/mol. The number of ketones is 1. The molecule has 29 heavy (non-hydrogen) atoms. The number of carbonyl (C=O) groups excluding carboxylic acids is 1. The van der Waals surface area contributed by atoms with Crippen molar-refractivity contribution in [2.24, 2.45) is 0 Å². The fourth-order valence-corrected chi connectivity index (χ4v) is 4.33. The number of carbonyl (C=O) groups is 1. The molecule has 2 aliphatic rings. The highest BCUT2D eigenvalue weighted by atomic mass is 16.1. The van der Waals surface area contributed by atoms with Gasteiger partial charge in [-0.3, -0.25) is 4.79 Å². The van der Waals surface area contributed by atoms with Gasteiger partial charge in [0.15, 0.2) is 5.78 Å². The number of allylic oxidation sites excluding steroid dienone is 6. The number of hydrogen-bond donors (Lipinski definition) is 0. The van der Waals surface area contributed by atoms with Crippen LogP contribution in [0.1, 0.15) is 35.3 Å². The summed E-state index contributed by atoms with van der Waals surface area (Å²) in [6, 6.07) is 19.2. The third-order valence-corrected chi connectivity index (χ3v) is 5.78. The molecule has 4 heteroatoms. The topological polar surface area (TPSA) is 67.9 Å². The maximum atomic E-state index is 13.0. The number of likely N-dealkylation sites (N-methyl/N-ethyl adjacent to an activating group) is 1. The van der Waals surface area contributed by atoms with E-state index in [1.807, 2.05) is 43.5 Å². The lowest BCUT2D eigenvalue weighted by molar-refractivity contribution is 0.104. The maximum Gasteiger partial charge on any atom is 0.194 e. The van der Waals surface area contributed by atoms with Crippen LogP contribution in [0.25, 0.3) is 5.57 Å². The van der Waals surface area contributed by atoms with Crippen molar-refractivity contribution in [3.05, 3.63) is 94.2 Å². The van der Waals surface area contributed by atoms with Crippen LogP contribution < -0.4 is 4.90 Å². The molecule has 0 unspecified atom stereocenters. The monoisotopic (exact) mass is 377 g/mol. The molecule has 1 aliphatic heterocycles. The molecule has 0 saturated heterocycles. The van der Waals surface area contributed by atoms with E-state index in [0.29, 0.717) is 22.3 Å². The van der Waals surface area contributed by atoms with Crippen LogP contribution in [0.15, 0.2) is 77.5 Å². The van der Waals surface area contributed by atoms with E-state index in [-0.39, 0.29) is 16.8 Å². The van der Waals surface area contributed by atoms with Gasteiger partial charge in [-0.25, -0.2) is 0 Å². The maximum absolute atomic E-state index is 13.0. The van der Waals surface area contributed by atoms with Gasteiger partial charge in [0.25, 0.3) is 0 Å². The summed E-state index contributed by atoms with van der Waals surface area (Å²) in [5, 5.41) is 18.9. The molecule has 2 aromatic carbocycles. The van der Waals surface area contributed by atoms with Crippen molar-refractivity contribution in [3.8, 4) is 12.1 Å². The summed E-state index contributed by atoms with van der Waals surface area (Å²) < 4.78 is 0. The lowest BCUT2D eigenvalue weighted by atomic mass is 9.83. The molecule has 0 fully saturated rings. The number of benzene rings is 2. The molecule has 0 amide bonds. The second-order valence-electron chi connectivity index (χ2n) is 7.68. The van der Waals surface area contributed by atoms with Crippen LogP contribution in [-0.4, -0.2) is 12.8 Å². The molecule has 0 N–H and O–H groups in total. The minimum atomic E-state index is -0.228. The fraction of sp³-hybridized carbons (Fsp3) is 0.160. The molecule has 140 valence electrons. The molecule has 4 rings (SSSR count). The number of para-hydroxylation sites is 1. The average molecular weight is 377 g/mol. The first-order chi connectivity index (χ1) is 13.9. The summed E-state index contributed by atoms with van der Waals surface area (Å²) in [5.41, 5.74) is 5.10. The number of nitrogens with zero attached hydrogens (tertiary/aromatic N) is 3. The van der Waals surface area contributed by atoms with Gasteiger partial charge in [-0.1, -0.05) is 56.3 Å². The van der Waals surface area contributed by atoms with E-state index in [4.69, 9.17) is 0 Å². The molecule has 0 aromatic heterocycles. The largest absolute Gasteiger partial charge is 0.347 e.